The van der Waals surface area contributed by atoms with E-state index in [1.807, 2.05) is 6.07 Å². The number of nitrogens with zero attached hydrogens (tertiary/aromatic N) is 3. The molecule has 30 heavy (non-hydrogen) atoms. The molecule has 0 bridgehead atoms. The molecule has 0 spiro atoms. The standard InChI is InChI=1S/C21H24N4O5/c1-14-4-3-5-19(15(14)2)23-8-10-24(11-9-23)20(26)13-30-21(27)17-12-16(25(28)29)6-7-18(17)22/h3-7,12H,8-11,13,22H2,1-2H3. The molecule has 0 unspecified atom stereocenters. The molecule has 1 heterocycles. The normalized spacial score (nSPS) is 13.8. The van der Waals surface area contributed by atoms with Gasteiger partial charge >= 0.3 is 5.97 Å². The Bertz CT molecular complexity index is 983. The predicted molar refractivity (Wildman–Crippen MR) is 113 cm³/mol. The summed E-state index contributed by atoms with van der Waals surface area (Å²) in [4.78, 5) is 38.8. The zero-order chi connectivity index (χ0) is 21.8. The number of amides is 1. The predicted octanol–water partition coefficient (Wildman–Crippen LogP) is 2.30. The van der Waals surface area contributed by atoms with Crippen LogP contribution in [0, 0.1) is 24.0 Å². The van der Waals surface area contributed by atoms with Crippen LogP contribution in [-0.2, 0) is 9.53 Å². The lowest BCUT2D eigenvalue weighted by Gasteiger charge is -2.37. The number of non-ortho nitro benzene ring substituents is 1. The van der Waals surface area contributed by atoms with Crippen molar-refractivity contribution in [1.82, 2.24) is 4.90 Å². The molecule has 2 aromatic rings. The highest BCUT2D eigenvalue weighted by Gasteiger charge is 2.24. The summed E-state index contributed by atoms with van der Waals surface area (Å²) < 4.78 is 5.06. The lowest BCUT2D eigenvalue weighted by Crippen LogP contribution is -2.50. The maximum Gasteiger partial charge on any atom is 0.341 e. The number of nitrogens with two attached hydrogens (primary N) is 1. The van der Waals surface area contributed by atoms with Crippen molar-refractivity contribution < 1.29 is 19.2 Å². The summed E-state index contributed by atoms with van der Waals surface area (Å²) in [5.41, 5.74) is 8.97. The van der Waals surface area contributed by atoms with E-state index in [0.717, 1.165) is 11.8 Å². The Morgan fingerprint density at radius 2 is 1.83 bits per heavy atom. The number of nitrogen functional groups attached to an aromatic ring is 1. The van der Waals surface area contributed by atoms with Gasteiger partial charge in [0.15, 0.2) is 6.61 Å². The number of benzene rings is 2. The van der Waals surface area contributed by atoms with Crippen LogP contribution in [0.1, 0.15) is 21.5 Å². The number of aryl methyl sites for hydroxylation is 1. The van der Waals surface area contributed by atoms with E-state index in [-0.39, 0.29) is 22.8 Å². The van der Waals surface area contributed by atoms with Gasteiger partial charge < -0.3 is 20.3 Å². The molecule has 0 atom stereocenters. The monoisotopic (exact) mass is 412 g/mol. The van der Waals surface area contributed by atoms with Gasteiger partial charge in [-0.2, -0.15) is 0 Å². The third-order valence-electron chi connectivity index (χ3n) is 5.34. The van der Waals surface area contributed by atoms with E-state index >= 15 is 0 Å². The van der Waals surface area contributed by atoms with Gasteiger partial charge in [-0.15, -0.1) is 0 Å². The van der Waals surface area contributed by atoms with Gasteiger partial charge in [-0.25, -0.2) is 4.79 Å². The van der Waals surface area contributed by atoms with Gasteiger partial charge in [-0.05, 0) is 37.1 Å². The first-order valence-electron chi connectivity index (χ1n) is 9.58. The Kier molecular flexibility index (Phi) is 6.20. The Hall–Kier alpha value is -3.62. The average Bonchev–Trinajstić information content (AvgIpc) is 2.74. The second-order valence-corrected chi connectivity index (χ2v) is 7.19. The number of hydrogen-bond donors (Lipinski definition) is 1. The minimum Gasteiger partial charge on any atom is -0.452 e. The molecule has 2 N–H and O–H groups in total. The first-order valence-corrected chi connectivity index (χ1v) is 9.58. The second-order valence-electron chi connectivity index (χ2n) is 7.19. The molecule has 3 rings (SSSR count). The van der Waals surface area contributed by atoms with Crippen LogP contribution in [0.15, 0.2) is 36.4 Å². The minimum absolute atomic E-state index is 0.0557. The van der Waals surface area contributed by atoms with Crippen LogP contribution in [0.5, 0.6) is 0 Å². The number of carbonyl (C=O) groups is 2. The molecule has 1 fully saturated rings. The molecule has 0 radical (unpaired) electrons. The molecule has 1 saturated heterocycles. The summed E-state index contributed by atoms with van der Waals surface area (Å²) in [6, 6.07) is 9.68. The summed E-state index contributed by atoms with van der Waals surface area (Å²) >= 11 is 0. The highest BCUT2D eigenvalue weighted by molar-refractivity contribution is 5.97. The lowest BCUT2D eigenvalue weighted by molar-refractivity contribution is -0.384. The molecule has 1 aliphatic heterocycles. The third kappa shape index (κ3) is 4.51. The Morgan fingerprint density at radius 1 is 1.13 bits per heavy atom. The number of rotatable bonds is 5. The van der Waals surface area contributed by atoms with Crippen LogP contribution in [0.4, 0.5) is 17.1 Å². The summed E-state index contributed by atoms with van der Waals surface area (Å²) in [5.74, 6) is -1.17. The SMILES string of the molecule is Cc1cccc(N2CCN(C(=O)COC(=O)c3cc([N+](=O)[O-])ccc3N)CC2)c1C. The van der Waals surface area contributed by atoms with E-state index in [0.29, 0.717) is 26.2 Å². The van der Waals surface area contributed by atoms with Crippen LogP contribution in [0.25, 0.3) is 0 Å². The van der Waals surface area contributed by atoms with Gasteiger partial charge in [0.25, 0.3) is 11.6 Å². The Morgan fingerprint density at radius 3 is 2.50 bits per heavy atom. The molecule has 0 saturated carbocycles. The maximum atomic E-state index is 12.4. The lowest BCUT2D eigenvalue weighted by atomic mass is 10.1. The fourth-order valence-corrected chi connectivity index (χ4v) is 3.41. The minimum atomic E-state index is -0.862. The second kappa shape index (κ2) is 8.81. The molecule has 2 aromatic carbocycles. The quantitative estimate of drug-likeness (QED) is 0.346. The van der Waals surface area contributed by atoms with Gasteiger partial charge in [0, 0.05) is 49.7 Å². The molecular formula is C21H24N4O5. The molecule has 9 heteroatoms. The fraction of sp³-hybridized carbons (Fsp3) is 0.333. The molecule has 0 aromatic heterocycles. The number of nitro groups is 1. The smallest absolute Gasteiger partial charge is 0.341 e. The van der Waals surface area contributed by atoms with Gasteiger partial charge in [-0.1, -0.05) is 12.1 Å². The number of piperazine rings is 1. The van der Waals surface area contributed by atoms with Gasteiger partial charge in [0.1, 0.15) is 0 Å². The van der Waals surface area contributed by atoms with E-state index in [4.69, 9.17) is 10.5 Å². The number of carbonyl (C=O) groups excluding carboxylic acids is 2. The van der Waals surface area contributed by atoms with Crippen LogP contribution >= 0.6 is 0 Å². The van der Waals surface area contributed by atoms with Gasteiger partial charge in [0.05, 0.1) is 10.5 Å². The maximum absolute atomic E-state index is 12.4. The average molecular weight is 412 g/mol. The first-order chi connectivity index (χ1) is 14.3. The van der Waals surface area contributed by atoms with E-state index in [1.165, 1.54) is 23.3 Å². The number of ether oxygens (including phenoxy) is 1. The van der Waals surface area contributed by atoms with Crippen molar-refractivity contribution in [2.24, 2.45) is 0 Å². The number of esters is 1. The van der Waals surface area contributed by atoms with Gasteiger partial charge in [0.2, 0.25) is 0 Å². The Balaban J connectivity index is 1.55. The van der Waals surface area contributed by atoms with E-state index in [2.05, 4.69) is 30.9 Å². The van der Waals surface area contributed by atoms with Crippen molar-refractivity contribution >= 4 is 28.9 Å². The molecule has 1 aliphatic rings. The molecule has 1 amide bonds. The third-order valence-corrected chi connectivity index (χ3v) is 5.34. The van der Waals surface area contributed by atoms with E-state index in [9.17, 15) is 19.7 Å². The summed E-state index contributed by atoms with van der Waals surface area (Å²) in [6.45, 7) is 6.11. The highest BCUT2D eigenvalue weighted by Crippen LogP contribution is 2.24. The van der Waals surface area contributed by atoms with Crippen molar-refractivity contribution in [2.75, 3.05) is 43.4 Å². The first kappa shape index (κ1) is 21.1. The number of anilines is 2. The topological polar surface area (TPSA) is 119 Å². The van der Waals surface area contributed by atoms with Crippen LogP contribution in [-0.4, -0.2) is 54.5 Å². The van der Waals surface area contributed by atoms with Crippen LogP contribution in [0.3, 0.4) is 0 Å². The summed E-state index contributed by atoms with van der Waals surface area (Å²) in [5, 5.41) is 10.9. The zero-order valence-corrected chi connectivity index (χ0v) is 17.0. The van der Waals surface area contributed by atoms with Crippen molar-refractivity contribution in [3.05, 3.63) is 63.2 Å². The summed E-state index contributed by atoms with van der Waals surface area (Å²) in [7, 11) is 0. The Labute approximate surface area is 174 Å². The van der Waals surface area contributed by atoms with Crippen molar-refractivity contribution in [3.63, 3.8) is 0 Å². The van der Waals surface area contributed by atoms with E-state index < -0.39 is 17.5 Å². The number of hydrogen-bond acceptors (Lipinski definition) is 7. The summed E-state index contributed by atoms with van der Waals surface area (Å²) in [6.07, 6.45) is 0. The van der Waals surface area contributed by atoms with Crippen molar-refractivity contribution in [2.45, 2.75) is 13.8 Å². The van der Waals surface area contributed by atoms with Crippen molar-refractivity contribution in [3.8, 4) is 0 Å². The molecule has 158 valence electrons. The number of nitro benzene ring substituents is 1. The van der Waals surface area contributed by atoms with Gasteiger partial charge in [-0.3, -0.25) is 14.9 Å². The largest absolute Gasteiger partial charge is 0.452 e. The molecular weight excluding hydrogens is 388 g/mol. The van der Waals surface area contributed by atoms with Crippen molar-refractivity contribution in [1.29, 1.82) is 0 Å². The zero-order valence-electron chi connectivity index (χ0n) is 17.0. The highest BCUT2D eigenvalue weighted by atomic mass is 16.6. The van der Waals surface area contributed by atoms with Crippen LogP contribution < -0.4 is 10.6 Å². The molecule has 0 aliphatic carbocycles. The van der Waals surface area contributed by atoms with Crippen LogP contribution in [0.2, 0.25) is 0 Å². The fourth-order valence-electron chi connectivity index (χ4n) is 3.41. The molecule has 9 nitrogen and oxygen atoms in total. The van der Waals surface area contributed by atoms with E-state index in [1.54, 1.807) is 4.90 Å².